The lowest BCUT2D eigenvalue weighted by atomic mass is 10.0. The van der Waals surface area contributed by atoms with Crippen molar-refractivity contribution in [2.45, 2.75) is 19.4 Å². The van der Waals surface area contributed by atoms with Crippen LogP contribution in [0.15, 0.2) is 79.0 Å². The summed E-state index contributed by atoms with van der Waals surface area (Å²) in [5.74, 6) is 1.45. The van der Waals surface area contributed by atoms with Crippen molar-refractivity contribution in [3.05, 3.63) is 90.1 Å². The SMILES string of the molecule is CN(C)c1ccc(CNC(=O)CCc2cn(-c3ccccc3)nc2-c2ccc3c(c2)OCO3)cc1. The third-order valence-corrected chi connectivity index (χ3v) is 6.02. The van der Waals surface area contributed by atoms with E-state index in [4.69, 9.17) is 14.6 Å². The number of aryl methyl sites for hydroxylation is 1. The fraction of sp³-hybridized carbons (Fsp3) is 0.214. The molecule has 0 spiro atoms. The molecule has 0 saturated heterocycles. The minimum absolute atomic E-state index is 0.00536. The summed E-state index contributed by atoms with van der Waals surface area (Å²) in [7, 11) is 4.02. The van der Waals surface area contributed by atoms with Gasteiger partial charge in [-0.25, -0.2) is 4.68 Å². The number of amides is 1. The van der Waals surface area contributed by atoms with Crippen molar-refractivity contribution in [1.29, 1.82) is 0 Å². The van der Waals surface area contributed by atoms with Crippen molar-refractivity contribution >= 4 is 11.6 Å². The molecule has 0 aliphatic carbocycles. The molecule has 0 fully saturated rings. The van der Waals surface area contributed by atoms with Crippen LogP contribution in [0.5, 0.6) is 11.5 Å². The van der Waals surface area contributed by atoms with E-state index in [9.17, 15) is 4.79 Å². The lowest BCUT2D eigenvalue weighted by molar-refractivity contribution is -0.121. The Balaban J connectivity index is 1.31. The normalized spacial score (nSPS) is 11.9. The summed E-state index contributed by atoms with van der Waals surface area (Å²) >= 11 is 0. The zero-order valence-corrected chi connectivity index (χ0v) is 19.9. The minimum Gasteiger partial charge on any atom is -0.454 e. The summed E-state index contributed by atoms with van der Waals surface area (Å²) in [6.07, 6.45) is 2.94. The molecule has 35 heavy (non-hydrogen) atoms. The number of carbonyl (C=O) groups is 1. The van der Waals surface area contributed by atoms with Crippen molar-refractivity contribution in [3.8, 4) is 28.4 Å². The second kappa shape index (κ2) is 9.93. The Morgan fingerprint density at radius 3 is 2.54 bits per heavy atom. The zero-order valence-electron chi connectivity index (χ0n) is 19.9. The monoisotopic (exact) mass is 468 g/mol. The molecule has 0 bridgehead atoms. The van der Waals surface area contributed by atoms with Crippen molar-refractivity contribution in [2.24, 2.45) is 0 Å². The van der Waals surface area contributed by atoms with Crippen molar-refractivity contribution in [2.75, 3.05) is 25.8 Å². The van der Waals surface area contributed by atoms with E-state index in [1.165, 1.54) is 0 Å². The molecule has 0 saturated carbocycles. The standard InChI is InChI=1S/C28H28N4O3/c1-31(2)23-12-8-20(9-13-23)17-29-27(33)15-11-22-18-32(24-6-4-3-5-7-24)30-28(22)21-10-14-25-26(16-21)35-19-34-25/h3-10,12-14,16,18H,11,15,17,19H2,1-2H3,(H,29,33). The van der Waals surface area contributed by atoms with Gasteiger partial charge in [0.15, 0.2) is 11.5 Å². The van der Waals surface area contributed by atoms with Gasteiger partial charge in [0.25, 0.3) is 0 Å². The number of hydrogen-bond acceptors (Lipinski definition) is 5. The molecule has 0 atom stereocenters. The predicted molar refractivity (Wildman–Crippen MR) is 136 cm³/mol. The highest BCUT2D eigenvalue weighted by atomic mass is 16.7. The first-order chi connectivity index (χ1) is 17.1. The molecule has 178 valence electrons. The van der Waals surface area contributed by atoms with Gasteiger partial charge >= 0.3 is 0 Å². The number of nitrogens with zero attached hydrogens (tertiary/aromatic N) is 3. The van der Waals surface area contributed by atoms with Crippen LogP contribution in [0.25, 0.3) is 16.9 Å². The fourth-order valence-electron chi connectivity index (χ4n) is 4.04. The maximum Gasteiger partial charge on any atom is 0.231 e. The average Bonchev–Trinajstić information content (AvgIpc) is 3.53. The number of hydrogen-bond donors (Lipinski definition) is 1. The third kappa shape index (κ3) is 5.14. The summed E-state index contributed by atoms with van der Waals surface area (Å²) in [6, 6.07) is 24.0. The highest BCUT2D eigenvalue weighted by molar-refractivity contribution is 5.77. The van der Waals surface area contributed by atoms with Gasteiger partial charge < -0.3 is 19.7 Å². The Labute approximate surface area is 204 Å². The van der Waals surface area contributed by atoms with E-state index in [0.29, 0.717) is 25.1 Å². The molecule has 4 aromatic rings. The van der Waals surface area contributed by atoms with Crippen LogP contribution in [0.4, 0.5) is 5.69 Å². The molecular weight excluding hydrogens is 440 g/mol. The highest BCUT2D eigenvalue weighted by Crippen LogP contribution is 2.36. The van der Waals surface area contributed by atoms with Crippen LogP contribution in [0.1, 0.15) is 17.5 Å². The number of fused-ring (bicyclic) bond motifs is 1. The predicted octanol–water partition coefficient (Wildman–Crippen LogP) is 4.58. The van der Waals surface area contributed by atoms with E-state index in [-0.39, 0.29) is 12.7 Å². The lowest BCUT2D eigenvalue weighted by Gasteiger charge is -2.13. The molecule has 5 rings (SSSR count). The smallest absolute Gasteiger partial charge is 0.231 e. The first-order valence-corrected chi connectivity index (χ1v) is 11.6. The molecule has 1 aromatic heterocycles. The Kier molecular flexibility index (Phi) is 6.39. The fourth-order valence-corrected chi connectivity index (χ4v) is 4.04. The van der Waals surface area contributed by atoms with E-state index < -0.39 is 0 Å². The molecule has 1 N–H and O–H groups in total. The van der Waals surface area contributed by atoms with E-state index >= 15 is 0 Å². The Morgan fingerprint density at radius 2 is 1.77 bits per heavy atom. The minimum atomic E-state index is 0.00536. The van der Waals surface area contributed by atoms with Crippen molar-refractivity contribution in [1.82, 2.24) is 15.1 Å². The van der Waals surface area contributed by atoms with E-state index in [1.807, 2.05) is 85.6 Å². The van der Waals surface area contributed by atoms with Gasteiger partial charge in [0.05, 0.1) is 11.4 Å². The molecule has 1 aliphatic heterocycles. The van der Waals surface area contributed by atoms with Gasteiger partial charge in [0.2, 0.25) is 12.7 Å². The van der Waals surface area contributed by atoms with Gasteiger partial charge in [0, 0.05) is 44.5 Å². The number of anilines is 1. The number of nitrogens with one attached hydrogen (secondary N) is 1. The van der Waals surface area contributed by atoms with Crippen LogP contribution >= 0.6 is 0 Å². The second-order valence-electron chi connectivity index (χ2n) is 8.69. The quantitative estimate of drug-likeness (QED) is 0.410. The van der Waals surface area contributed by atoms with Crippen LogP contribution in [0.3, 0.4) is 0 Å². The number of ether oxygens (including phenoxy) is 2. The van der Waals surface area contributed by atoms with Gasteiger partial charge in [-0.15, -0.1) is 0 Å². The highest BCUT2D eigenvalue weighted by Gasteiger charge is 2.18. The van der Waals surface area contributed by atoms with E-state index in [0.717, 1.165) is 39.5 Å². The van der Waals surface area contributed by atoms with Crippen LogP contribution in [-0.4, -0.2) is 36.6 Å². The average molecular weight is 469 g/mol. The molecule has 1 amide bonds. The summed E-state index contributed by atoms with van der Waals surface area (Å²) in [5.41, 5.74) is 5.93. The maximum absolute atomic E-state index is 12.7. The molecule has 7 heteroatoms. The Morgan fingerprint density at radius 1 is 1.00 bits per heavy atom. The summed E-state index contributed by atoms with van der Waals surface area (Å²) in [4.78, 5) is 14.7. The topological polar surface area (TPSA) is 68.6 Å². The Hall–Kier alpha value is -4.26. The molecule has 0 unspecified atom stereocenters. The van der Waals surface area contributed by atoms with Crippen molar-refractivity contribution in [3.63, 3.8) is 0 Å². The van der Waals surface area contributed by atoms with Gasteiger partial charge in [0.1, 0.15) is 0 Å². The number of carbonyl (C=O) groups excluding carboxylic acids is 1. The van der Waals surface area contributed by atoms with E-state index in [1.54, 1.807) is 0 Å². The zero-order chi connectivity index (χ0) is 24.2. The number of rotatable bonds is 8. The van der Waals surface area contributed by atoms with Crippen LogP contribution in [0.2, 0.25) is 0 Å². The first-order valence-electron chi connectivity index (χ1n) is 11.6. The van der Waals surface area contributed by atoms with Crippen LogP contribution in [-0.2, 0) is 17.8 Å². The first kappa shape index (κ1) is 22.5. The van der Waals surface area contributed by atoms with Crippen LogP contribution < -0.4 is 19.7 Å². The van der Waals surface area contributed by atoms with Gasteiger partial charge in [-0.2, -0.15) is 5.10 Å². The molecule has 7 nitrogen and oxygen atoms in total. The largest absolute Gasteiger partial charge is 0.454 e. The summed E-state index contributed by atoms with van der Waals surface area (Å²) in [6.45, 7) is 0.729. The molecule has 2 heterocycles. The maximum atomic E-state index is 12.7. The second-order valence-corrected chi connectivity index (χ2v) is 8.69. The number of para-hydroxylation sites is 1. The molecule has 0 radical (unpaired) electrons. The van der Waals surface area contributed by atoms with E-state index in [2.05, 4.69) is 22.3 Å². The Bertz CT molecular complexity index is 1310. The summed E-state index contributed by atoms with van der Waals surface area (Å²) in [5, 5.41) is 7.89. The number of aromatic nitrogens is 2. The molecule has 1 aliphatic rings. The van der Waals surface area contributed by atoms with Crippen LogP contribution in [0, 0.1) is 0 Å². The number of benzene rings is 3. The molecule has 3 aromatic carbocycles. The molecular formula is C28H28N4O3. The lowest BCUT2D eigenvalue weighted by Crippen LogP contribution is -2.23. The summed E-state index contributed by atoms with van der Waals surface area (Å²) < 4.78 is 12.9. The van der Waals surface area contributed by atoms with Gasteiger partial charge in [-0.05, 0) is 60.0 Å². The third-order valence-electron chi connectivity index (χ3n) is 6.02. The van der Waals surface area contributed by atoms with Gasteiger partial charge in [-0.3, -0.25) is 4.79 Å². The van der Waals surface area contributed by atoms with Crippen molar-refractivity contribution < 1.29 is 14.3 Å². The van der Waals surface area contributed by atoms with Gasteiger partial charge in [-0.1, -0.05) is 30.3 Å².